The molecule has 1 unspecified atom stereocenters. The lowest BCUT2D eigenvalue weighted by atomic mass is 9.92. The van der Waals surface area contributed by atoms with Crippen LogP contribution in [0, 0.1) is 0 Å². The van der Waals surface area contributed by atoms with Gasteiger partial charge in [-0.1, -0.05) is 13.0 Å². The standard InChI is InChI=1S/C10H12N2O2/c1-6-4-10(13)12(14)9-5-7(11)2-3-8(6)9/h2-3,5-6,14H,4,11H2,1H3. The minimum Gasteiger partial charge on any atom is -0.399 e. The number of carbonyl (C=O) groups is 1. The predicted molar refractivity (Wildman–Crippen MR) is 53.2 cm³/mol. The lowest BCUT2D eigenvalue weighted by molar-refractivity contribution is -0.124. The van der Waals surface area contributed by atoms with E-state index in [1.54, 1.807) is 12.1 Å². The van der Waals surface area contributed by atoms with Crippen molar-refractivity contribution in [3.8, 4) is 0 Å². The Morgan fingerprint density at radius 1 is 1.57 bits per heavy atom. The smallest absolute Gasteiger partial charge is 0.251 e. The quantitative estimate of drug-likeness (QED) is 0.483. The van der Waals surface area contributed by atoms with E-state index in [1.807, 2.05) is 13.0 Å². The molecular formula is C10H12N2O2. The van der Waals surface area contributed by atoms with Crippen molar-refractivity contribution in [1.82, 2.24) is 0 Å². The summed E-state index contributed by atoms with van der Waals surface area (Å²) in [6, 6.07) is 5.24. The van der Waals surface area contributed by atoms with E-state index in [9.17, 15) is 10.0 Å². The Balaban J connectivity index is 2.56. The Labute approximate surface area is 81.9 Å². The SMILES string of the molecule is CC1CC(=O)N(O)c2cc(N)ccc21. The van der Waals surface area contributed by atoms with Crippen LogP contribution in [0.1, 0.15) is 24.8 Å². The summed E-state index contributed by atoms with van der Waals surface area (Å²) >= 11 is 0. The van der Waals surface area contributed by atoms with Crippen molar-refractivity contribution in [2.75, 3.05) is 10.8 Å². The summed E-state index contributed by atoms with van der Waals surface area (Å²) in [5.74, 6) is -0.142. The first-order valence-corrected chi connectivity index (χ1v) is 4.51. The first kappa shape index (κ1) is 9.02. The Bertz CT molecular complexity index is 390. The summed E-state index contributed by atoms with van der Waals surface area (Å²) in [7, 11) is 0. The molecule has 0 saturated carbocycles. The van der Waals surface area contributed by atoms with Crippen LogP contribution in [-0.4, -0.2) is 11.1 Å². The number of benzene rings is 1. The third-order valence-electron chi connectivity index (χ3n) is 2.53. The number of nitrogens with zero attached hydrogens (tertiary/aromatic N) is 1. The molecule has 0 spiro atoms. The molecular weight excluding hydrogens is 180 g/mol. The topological polar surface area (TPSA) is 66.6 Å². The molecule has 4 heteroatoms. The zero-order chi connectivity index (χ0) is 10.3. The van der Waals surface area contributed by atoms with E-state index < -0.39 is 0 Å². The monoisotopic (exact) mass is 192 g/mol. The van der Waals surface area contributed by atoms with Crippen molar-refractivity contribution in [3.05, 3.63) is 23.8 Å². The van der Waals surface area contributed by atoms with Crippen LogP contribution in [0.3, 0.4) is 0 Å². The first-order valence-electron chi connectivity index (χ1n) is 4.51. The number of rotatable bonds is 0. The van der Waals surface area contributed by atoms with Gasteiger partial charge in [0.2, 0.25) is 0 Å². The molecule has 1 aliphatic rings. The molecule has 0 bridgehead atoms. The van der Waals surface area contributed by atoms with E-state index in [0.717, 1.165) is 5.56 Å². The summed E-state index contributed by atoms with van der Waals surface area (Å²) in [5.41, 5.74) is 7.60. The van der Waals surface area contributed by atoms with Crippen LogP contribution < -0.4 is 10.8 Å². The van der Waals surface area contributed by atoms with Gasteiger partial charge in [-0.05, 0) is 23.6 Å². The molecule has 1 aromatic rings. The molecule has 1 heterocycles. The third-order valence-corrected chi connectivity index (χ3v) is 2.53. The molecule has 1 aromatic carbocycles. The summed E-state index contributed by atoms with van der Waals surface area (Å²) in [5, 5.41) is 10.2. The summed E-state index contributed by atoms with van der Waals surface area (Å²) in [6.07, 6.45) is 0.341. The van der Waals surface area contributed by atoms with Crippen LogP contribution in [0.25, 0.3) is 0 Å². The number of nitrogens with two attached hydrogens (primary N) is 1. The Morgan fingerprint density at radius 3 is 3.00 bits per heavy atom. The fourth-order valence-corrected chi connectivity index (χ4v) is 1.75. The van der Waals surface area contributed by atoms with E-state index in [4.69, 9.17) is 5.73 Å². The second-order valence-corrected chi connectivity index (χ2v) is 3.63. The number of hydrogen-bond acceptors (Lipinski definition) is 3. The molecule has 1 atom stereocenters. The molecule has 0 saturated heterocycles. The van der Waals surface area contributed by atoms with Crippen LogP contribution >= 0.6 is 0 Å². The van der Waals surface area contributed by atoms with Crippen LogP contribution in [0.4, 0.5) is 11.4 Å². The van der Waals surface area contributed by atoms with Gasteiger partial charge in [0.15, 0.2) is 0 Å². The minimum atomic E-state index is -0.282. The van der Waals surface area contributed by atoms with Crippen LogP contribution in [-0.2, 0) is 4.79 Å². The summed E-state index contributed by atoms with van der Waals surface area (Å²) in [4.78, 5) is 11.3. The number of hydroxylamine groups is 1. The van der Waals surface area contributed by atoms with Crippen molar-refractivity contribution in [2.45, 2.75) is 19.3 Å². The van der Waals surface area contributed by atoms with Gasteiger partial charge in [-0.3, -0.25) is 10.0 Å². The first-order chi connectivity index (χ1) is 6.59. The minimum absolute atomic E-state index is 0.140. The molecule has 0 radical (unpaired) electrons. The molecule has 74 valence electrons. The number of carbonyl (C=O) groups excluding carboxylic acids is 1. The maximum atomic E-state index is 11.3. The van der Waals surface area contributed by atoms with E-state index in [-0.39, 0.29) is 11.8 Å². The third kappa shape index (κ3) is 1.24. The maximum Gasteiger partial charge on any atom is 0.251 e. The highest BCUT2D eigenvalue weighted by atomic mass is 16.5. The molecule has 1 aliphatic heterocycles. The molecule has 2 rings (SSSR count). The molecule has 0 fully saturated rings. The number of anilines is 2. The number of nitrogen functional groups attached to an aromatic ring is 1. The van der Waals surface area contributed by atoms with Crippen molar-refractivity contribution in [2.24, 2.45) is 0 Å². The van der Waals surface area contributed by atoms with Crippen LogP contribution in [0.5, 0.6) is 0 Å². The number of fused-ring (bicyclic) bond motifs is 1. The maximum absolute atomic E-state index is 11.3. The highest BCUT2D eigenvalue weighted by Gasteiger charge is 2.27. The normalized spacial score (nSPS) is 20.9. The van der Waals surface area contributed by atoms with Gasteiger partial charge in [0.25, 0.3) is 5.91 Å². The van der Waals surface area contributed by atoms with E-state index >= 15 is 0 Å². The van der Waals surface area contributed by atoms with Crippen molar-refractivity contribution >= 4 is 17.3 Å². The highest BCUT2D eigenvalue weighted by Crippen LogP contribution is 2.35. The van der Waals surface area contributed by atoms with Crippen molar-refractivity contribution in [3.63, 3.8) is 0 Å². The Hall–Kier alpha value is -1.55. The van der Waals surface area contributed by atoms with Gasteiger partial charge in [0.05, 0.1) is 5.69 Å². The predicted octanol–water partition coefficient (Wildman–Crippen LogP) is 1.50. The van der Waals surface area contributed by atoms with Crippen molar-refractivity contribution < 1.29 is 10.0 Å². The van der Waals surface area contributed by atoms with E-state index in [0.29, 0.717) is 22.9 Å². The van der Waals surface area contributed by atoms with Gasteiger partial charge >= 0.3 is 0 Å². The zero-order valence-corrected chi connectivity index (χ0v) is 7.90. The number of amides is 1. The van der Waals surface area contributed by atoms with E-state index in [2.05, 4.69) is 0 Å². The summed E-state index contributed by atoms with van der Waals surface area (Å²) in [6.45, 7) is 1.96. The number of hydrogen-bond donors (Lipinski definition) is 2. The van der Waals surface area contributed by atoms with Crippen molar-refractivity contribution in [1.29, 1.82) is 0 Å². The van der Waals surface area contributed by atoms with Gasteiger partial charge in [-0.25, -0.2) is 0 Å². The molecule has 0 aliphatic carbocycles. The second kappa shape index (κ2) is 2.99. The second-order valence-electron chi connectivity index (χ2n) is 3.63. The van der Waals surface area contributed by atoms with Crippen LogP contribution in [0.2, 0.25) is 0 Å². The fraction of sp³-hybridized carbons (Fsp3) is 0.300. The van der Waals surface area contributed by atoms with E-state index in [1.165, 1.54) is 0 Å². The summed E-state index contributed by atoms with van der Waals surface area (Å²) < 4.78 is 0. The van der Waals surface area contributed by atoms with Gasteiger partial charge in [-0.2, -0.15) is 5.06 Å². The van der Waals surface area contributed by atoms with Gasteiger partial charge in [0.1, 0.15) is 0 Å². The fourth-order valence-electron chi connectivity index (χ4n) is 1.75. The van der Waals surface area contributed by atoms with Crippen LogP contribution in [0.15, 0.2) is 18.2 Å². The molecule has 4 nitrogen and oxygen atoms in total. The average Bonchev–Trinajstić information content (AvgIpc) is 2.14. The highest BCUT2D eigenvalue weighted by molar-refractivity contribution is 5.95. The molecule has 1 amide bonds. The molecule has 0 aromatic heterocycles. The van der Waals surface area contributed by atoms with Gasteiger partial charge in [-0.15, -0.1) is 0 Å². The Kier molecular flexibility index (Phi) is 1.93. The molecule has 3 N–H and O–H groups in total. The average molecular weight is 192 g/mol. The van der Waals surface area contributed by atoms with Gasteiger partial charge in [0, 0.05) is 12.1 Å². The largest absolute Gasteiger partial charge is 0.399 e. The molecule has 14 heavy (non-hydrogen) atoms. The lowest BCUT2D eigenvalue weighted by Crippen LogP contribution is -2.33. The van der Waals surface area contributed by atoms with Gasteiger partial charge < -0.3 is 5.73 Å². The Morgan fingerprint density at radius 2 is 2.29 bits per heavy atom. The lowest BCUT2D eigenvalue weighted by Gasteiger charge is -2.27. The zero-order valence-electron chi connectivity index (χ0n) is 7.90.